The Balaban J connectivity index is 2.07. The fourth-order valence-corrected chi connectivity index (χ4v) is 2.56. The van der Waals surface area contributed by atoms with Gasteiger partial charge in [0.1, 0.15) is 6.61 Å². The maximum absolute atomic E-state index is 12.2. The van der Waals surface area contributed by atoms with Crippen molar-refractivity contribution in [3.05, 3.63) is 21.9 Å². The molecule has 0 saturated carbocycles. The molecule has 1 N–H and O–H groups in total. The highest BCUT2D eigenvalue weighted by atomic mass is 32.1. The van der Waals surface area contributed by atoms with Crippen molar-refractivity contribution in [2.75, 3.05) is 26.3 Å². The molecule has 1 saturated heterocycles. The second kappa shape index (κ2) is 6.35. The minimum atomic E-state index is -0.550. The summed E-state index contributed by atoms with van der Waals surface area (Å²) >= 11 is 1.28. The van der Waals surface area contributed by atoms with E-state index in [-0.39, 0.29) is 12.5 Å². The van der Waals surface area contributed by atoms with Crippen LogP contribution in [-0.4, -0.2) is 48.3 Å². The van der Waals surface area contributed by atoms with Crippen molar-refractivity contribution in [2.45, 2.75) is 6.10 Å². The molecule has 1 unspecified atom stereocenters. The number of nitriles is 1. The normalized spacial score (nSPS) is 18.3. The Labute approximate surface area is 115 Å². The van der Waals surface area contributed by atoms with Crippen LogP contribution in [0.5, 0.6) is 0 Å². The largest absolute Gasteiger partial charge is 0.384 e. The maximum Gasteiger partial charge on any atom is 0.264 e. The van der Waals surface area contributed by atoms with Crippen molar-refractivity contribution in [1.82, 2.24) is 4.90 Å². The van der Waals surface area contributed by atoms with Crippen LogP contribution in [0.25, 0.3) is 0 Å². The van der Waals surface area contributed by atoms with Gasteiger partial charge in [-0.25, -0.2) is 0 Å². The SMILES string of the molecule is N#CC1CN(C(=O)c2ccc(C#CCO)s2)CCO1. The number of thiophene rings is 1. The third-order valence-electron chi connectivity index (χ3n) is 2.61. The number of ether oxygens (including phenoxy) is 1. The quantitative estimate of drug-likeness (QED) is 0.756. The lowest BCUT2D eigenvalue weighted by Gasteiger charge is -2.29. The van der Waals surface area contributed by atoms with Gasteiger partial charge in [0.05, 0.1) is 29.0 Å². The average molecular weight is 276 g/mol. The number of hydrogen-bond donors (Lipinski definition) is 1. The van der Waals surface area contributed by atoms with Gasteiger partial charge in [-0.15, -0.1) is 11.3 Å². The Hall–Kier alpha value is -1.86. The van der Waals surface area contributed by atoms with Gasteiger partial charge in [0.25, 0.3) is 5.91 Å². The van der Waals surface area contributed by atoms with Crippen LogP contribution in [0.1, 0.15) is 14.5 Å². The van der Waals surface area contributed by atoms with Gasteiger partial charge < -0.3 is 14.7 Å². The Morgan fingerprint density at radius 3 is 3.21 bits per heavy atom. The molecule has 1 aliphatic rings. The fourth-order valence-electron chi connectivity index (χ4n) is 1.71. The minimum absolute atomic E-state index is 0.106. The summed E-state index contributed by atoms with van der Waals surface area (Å²) in [7, 11) is 0. The zero-order valence-corrected chi connectivity index (χ0v) is 10.9. The summed E-state index contributed by atoms with van der Waals surface area (Å²) in [6, 6.07) is 5.48. The highest BCUT2D eigenvalue weighted by molar-refractivity contribution is 7.14. The second-order valence-corrected chi connectivity index (χ2v) is 4.95. The molecule has 1 atom stereocenters. The lowest BCUT2D eigenvalue weighted by molar-refractivity contribution is 0.00369. The van der Waals surface area contributed by atoms with Gasteiger partial charge in [-0.2, -0.15) is 5.26 Å². The van der Waals surface area contributed by atoms with Crippen LogP contribution in [0.15, 0.2) is 12.1 Å². The molecule has 1 aliphatic heterocycles. The van der Waals surface area contributed by atoms with Gasteiger partial charge in [-0.1, -0.05) is 11.8 Å². The number of rotatable bonds is 1. The lowest BCUT2D eigenvalue weighted by atomic mass is 10.2. The van der Waals surface area contributed by atoms with Gasteiger partial charge in [-0.05, 0) is 12.1 Å². The second-order valence-electron chi connectivity index (χ2n) is 3.86. The van der Waals surface area contributed by atoms with E-state index in [9.17, 15) is 4.79 Å². The summed E-state index contributed by atoms with van der Waals surface area (Å²) in [5.41, 5.74) is 0. The Kier molecular flexibility index (Phi) is 4.53. The molecule has 1 aromatic rings. The minimum Gasteiger partial charge on any atom is -0.384 e. The topological polar surface area (TPSA) is 73.6 Å². The number of carbonyl (C=O) groups excluding carboxylic acids is 1. The number of morpholine rings is 1. The number of aliphatic hydroxyl groups is 1. The predicted octanol–water partition coefficient (Wildman–Crippen LogP) is 0.456. The van der Waals surface area contributed by atoms with E-state index >= 15 is 0 Å². The number of nitrogens with zero attached hydrogens (tertiary/aromatic N) is 2. The lowest BCUT2D eigenvalue weighted by Crippen LogP contribution is -2.44. The summed E-state index contributed by atoms with van der Waals surface area (Å²) in [5.74, 6) is 5.20. The van der Waals surface area contributed by atoms with Gasteiger partial charge in [0, 0.05) is 6.54 Å². The standard InChI is InChI=1S/C13H12N2O3S/c14-8-10-9-15(5-7-18-10)13(17)12-4-3-11(19-12)2-1-6-16/h3-4,10,16H,5-7,9H2. The summed E-state index contributed by atoms with van der Waals surface area (Å²) in [6.07, 6.45) is -0.550. The molecule has 0 aliphatic carbocycles. The predicted molar refractivity (Wildman–Crippen MR) is 69.5 cm³/mol. The molecule has 19 heavy (non-hydrogen) atoms. The van der Waals surface area contributed by atoms with E-state index in [4.69, 9.17) is 15.1 Å². The molecular weight excluding hydrogens is 264 g/mol. The zero-order valence-electron chi connectivity index (χ0n) is 10.1. The first-order valence-electron chi connectivity index (χ1n) is 5.74. The summed E-state index contributed by atoms with van der Waals surface area (Å²) in [6.45, 7) is 0.971. The van der Waals surface area contributed by atoms with Crippen LogP contribution in [0.4, 0.5) is 0 Å². The van der Waals surface area contributed by atoms with E-state index in [2.05, 4.69) is 11.8 Å². The van der Waals surface area contributed by atoms with Crippen LogP contribution < -0.4 is 0 Å². The Bertz CT molecular complexity index is 564. The van der Waals surface area contributed by atoms with Crippen LogP contribution in [0.2, 0.25) is 0 Å². The van der Waals surface area contributed by atoms with Gasteiger partial charge in [0.15, 0.2) is 6.10 Å². The van der Waals surface area contributed by atoms with Gasteiger partial charge >= 0.3 is 0 Å². The monoisotopic (exact) mass is 276 g/mol. The summed E-state index contributed by atoms with van der Waals surface area (Å²) in [5, 5.41) is 17.4. The molecule has 98 valence electrons. The average Bonchev–Trinajstić information content (AvgIpc) is 2.93. The first kappa shape index (κ1) is 13.6. The summed E-state index contributed by atoms with van der Waals surface area (Å²) < 4.78 is 5.20. The fraction of sp³-hybridized carbons (Fsp3) is 0.385. The van der Waals surface area contributed by atoms with E-state index in [1.165, 1.54) is 11.3 Å². The number of aliphatic hydroxyl groups excluding tert-OH is 1. The van der Waals surface area contributed by atoms with Crippen molar-refractivity contribution >= 4 is 17.2 Å². The first-order chi connectivity index (χ1) is 9.24. The molecule has 2 heterocycles. The molecule has 0 bridgehead atoms. The van der Waals surface area contributed by atoms with Crippen molar-refractivity contribution < 1.29 is 14.6 Å². The highest BCUT2D eigenvalue weighted by Gasteiger charge is 2.25. The number of hydrogen-bond acceptors (Lipinski definition) is 5. The molecule has 5 nitrogen and oxygen atoms in total. The van der Waals surface area contributed by atoms with E-state index < -0.39 is 6.10 Å². The molecule has 6 heteroatoms. The third-order valence-corrected chi connectivity index (χ3v) is 3.59. The van der Waals surface area contributed by atoms with Crippen molar-refractivity contribution in [3.8, 4) is 17.9 Å². The molecule has 1 amide bonds. The molecule has 0 radical (unpaired) electrons. The Morgan fingerprint density at radius 1 is 1.63 bits per heavy atom. The summed E-state index contributed by atoms with van der Waals surface area (Å²) in [4.78, 5) is 15.2. The smallest absolute Gasteiger partial charge is 0.264 e. The first-order valence-corrected chi connectivity index (χ1v) is 6.56. The molecular formula is C13H12N2O3S. The maximum atomic E-state index is 12.2. The van der Waals surface area contributed by atoms with E-state index in [0.29, 0.717) is 24.6 Å². The number of carbonyl (C=O) groups is 1. The van der Waals surface area contributed by atoms with Crippen LogP contribution >= 0.6 is 11.3 Å². The van der Waals surface area contributed by atoms with Gasteiger partial charge in [0.2, 0.25) is 0 Å². The van der Waals surface area contributed by atoms with E-state index in [1.807, 2.05) is 6.07 Å². The van der Waals surface area contributed by atoms with E-state index in [1.54, 1.807) is 17.0 Å². The number of amides is 1. The van der Waals surface area contributed by atoms with Crippen LogP contribution in [-0.2, 0) is 4.74 Å². The Morgan fingerprint density at radius 2 is 2.47 bits per heavy atom. The molecule has 1 aromatic heterocycles. The van der Waals surface area contributed by atoms with Crippen LogP contribution in [0.3, 0.4) is 0 Å². The highest BCUT2D eigenvalue weighted by Crippen LogP contribution is 2.19. The van der Waals surface area contributed by atoms with E-state index in [0.717, 1.165) is 4.88 Å². The molecule has 2 rings (SSSR count). The van der Waals surface area contributed by atoms with Gasteiger partial charge in [-0.3, -0.25) is 4.79 Å². The van der Waals surface area contributed by atoms with Crippen molar-refractivity contribution in [3.63, 3.8) is 0 Å². The van der Waals surface area contributed by atoms with Crippen molar-refractivity contribution in [2.24, 2.45) is 0 Å². The van der Waals surface area contributed by atoms with Crippen molar-refractivity contribution in [1.29, 1.82) is 5.26 Å². The molecule has 1 fully saturated rings. The zero-order chi connectivity index (χ0) is 13.7. The molecule has 0 spiro atoms. The van der Waals surface area contributed by atoms with Crippen LogP contribution in [0, 0.1) is 23.2 Å². The third kappa shape index (κ3) is 3.33. The molecule has 0 aromatic carbocycles.